The number of sulfone groups is 1. The van der Waals surface area contributed by atoms with Gasteiger partial charge in [0.15, 0.2) is 9.84 Å². The van der Waals surface area contributed by atoms with Gasteiger partial charge in [0.05, 0.1) is 10.6 Å². The predicted molar refractivity (Wildman–Crippen MR) is 78.6 cm³/mol. The van der Waals surface area contributed by atoms with Gasteiger partial charge in [0, 0.05) is 12.3 Å². The van der Waals surface area contributed by atoms with Gasteiger partial charge < -0.3 is 5.73 Å². The van der Waals surface area contributed by atoms with E-state index in [2.05, 4.69) is 4.72 Å². The molecular weight excluding hydrogens is 300 g/mol. The predicted octanol–water partition coefficient (Wildman–Crippen LogP) is 0.995. The van der Waals surface area contributed by atoms with Crippen molar-refractivity contribution in [3.8, 4) is 0 Å². The maximum absolute atomic E-state index is 12.3. The minimum Gasteiger partial charge on any atom is -0.398 e. The van der Waals surface area contributed by atoms with Crippen molar-refractivity contribution in [1.82, 2.24) is 4.72 Å². The second-order valence-corrected chi connectivity index (χ2v) is 8.82. The molecule has 114 valence electrons. The average Bonchev–Trinajstić information content (AvgIpc) is 2.26. The van der Waals surface area contributed by atoms with Crippen LogP contribution in [-0.4, -0.2) is 29.1 Å². The minimum absolute atomic E-state index is 0.0147. The van der Waals surface area contributed by atoms with Crippen molar-refractivity contribution < 1.29 is 16.8 Å². The van der Waals surface area contributed by atoms with Crippen LogP contribution in [0.3, 0.4) is 0 Å². The number of anilines is 1. The van der Waals surface area contributed by atoms with Crippen LogP contribution in [0.1, 0.15) is 20.8 Å². The minimum atomic E-state index is -3.86. The van der Waals surface area contributed by atoms with Crippen LogP contribution in [0.4, 0.5) is 5.69 Å². The van der Waals surface area contributed by atoms with Gasteiger partial charge in [0.1, 0.15) is 4.90 Å². The Morgan fingerprint density at radius 1 is 1.10 bits per heavy atom. The molecule has 0 spiro atoms. The Kier molecular flexibility index (Phi) is 4.83. The van der Waals surface area contributed by atoms with Gasteiger partial charge in [-0.05, 0) is 31.0 Å². The normalized spacial score (nSPS) is 14.4. The molecule has 1 rings (SSSR count). The van der Waals surface area contributed by atoms with Gasteiger partial charge in [-0.25, -0.2) is 21.6 Å². The topological polar surface area (TPSA) is 106 Å². The third-order valence-corrected chi connectivity index (χ3v) is 5.77. The van der Waals surface area contributed by atoms with Crippen LogP contribution in [0.15, 0.2) is 28.0 Å². The van der Waals surface area contributed by atoms with Crippen molar-refractivity contribution in [1.29, 1.82) is 0 Å². The van der Waals surface area contributed by atoms with E-state index in [-0.39, 0.29) is 27.4 Å². The van der Waals surface area contributed by atoms with E-state index in [1.165, 1.54) is 12.1 Å². The molecule has 8 heteroatoms. The van der Waals surface area contributed by atoms with Crippen molar-refractivity contribution in [3.63, 3.8) is 0 Å². The van der Waals surface area contributed by atoms with Crippen molar-refractivity contribution in [2.45, 2.75) is 36.6 Å². The average molecular weight is 320 g/mol. The Labute approximate surface area is 120 Å². The van der Waals surface area contributed by atoms with Gasteiger partial charge >= 0.3 is 0 Å². The van der Waals surface area contributed by atoms with E-state index in [0.717, 1.165) is 12.3 Å². The van der Waals surface area contributed by atoms with E-state index < -0.39 is 19.9 Å². The highest BCUT2D eigenvalue weighted by molar-refractivity contribution is 7.91. The van der Waals surface area contributed by atoms with Gasteiger partial charge in [-0.1, -0.05) is 13.8 Å². The Balaban J connectivity index is 3.32. The molecule has 0 aromatic heterocycles. The first-order valence-corrected chi connectivity index (χ1v) is 9.44. The maximum Gasteiger partial charge on any atom is 0.242 e. The van der Waals surface area contributed by atoms with Crippen LogP contribution >= 0.6 is 0 Å². The third kappa shape index (κ3) is 3.94. The van der Waals surface area contributed by atoms with Crippen molar-refractivity contribution in [2.24, 2.45) is 5.92 Å². The number of hydrogen-bond acceptors (Lipinski definition) is 5. The summed E-state index contributed by atoms with van der Waals surface area (Å²) in [5.41, 5.74) is 5.67. The maximum atomic E-state index is 12.3. The molecule has 0 saturated carbocycles. The van der Waals surface area contributed by atoms with E-state index in [9.17, 15) is 16.8 Å². The molecule has 0 amide bonds. The highest BCUT2D eigenvalue weighted by atomic mass is 32.2. The summed E-state index contributed by atoms with van der Waals surface area (Å²) in [5, 5.41) is 0. The molecule has 0 radical (unpaired) electrons. The lowest BCUT2D eigenvalue weighted by molar-refractivity contribution is 0.476. The zero-order valence-electron chi connectivity index (χ0n) is 11.9. The summed E-state index contributed by atoms with van der Waals surface area (Å²) < 4.78 is 50.0. The molecule has 1 aromatic carbocycles. The molecule has 3 N–H and O–H groups in total. The molecule has 20 heavy (non-hydrogen) atoms. The molecule has 0 heterocycles. The summed E-state index contributed by atoms with van der Waals surface area (Å²) in [6.07, 6.45) is 1.01. The zero-order valence-corrected chi connectivity index (χ0v) is 13.5. The number of hydrogen-bond donors (Lipinski definition) is 2. The number of benzene rings is 1. The standard InChI is InChI=1S/C12H20N2O4S2/c1-8(2)9(3)14-20(17,18)12-7-10(19(4,15)16)5-6-11(12)13/h5-9,14H,13H2,1-4H3. The van der Waals surface area contributed by atoms with Crippen LogP contribution in [0, 0.1) is 5.92 Å². The molecule has 0 aliphatic carbocycles. The van der Waals surface area contributed by atoms with E-state index in [1.807, 2.05) is 13.8 Å². The lowest BCUT2D eigenvalue weighted by atomic mass is 10.1. The Bertz CT molecular complexity index is 694. The van der Waals surface area contributed by atoms with Crippen molar-refractivity contribution in [2.75, 3.05) is 12.0 Å². The summed E-state index contributed by atoms with van der Waals surface area (Å²) in [4.78, 5) is -0.294. The van der Waals surface area contributed by atoms with Crippen LogP contribution in [0.25, 0.3) is 0 Å². The summed E-state index contributed by atoms with van der Waals surface area (Å²) in [5.74, 6) is 0.101. The largest absolute Gasteiger partial charge is 0.398 e. The molecule has 0 saturated heterocycles. The summed E-state index contributed by atoms with van der Waals surface area (Å²) in [6.45, 7) is 5.49. The van der Waals surface area contributed by atoms with Crippen molar-refractivity contribution >= 4 is 25.5 Å². The SMILES string of the molecule is CC(C)C(C)NS(=O)(=O)c1cc(S(C)(=O)=O)ccc1N. The molecule has 0 aliphatic rings. The third-order valence-electron chi connectivity index (χ3n) is 3.04. The van der Waals surface area contributed by atoms with Crippen molar-refractivity contribution in [3.05, 3.63) is 18.2 Å². The molecule has 1 aromatic rings. The smallest absolute Gasteiger partial charge is 0.242 e. The van der Waals surface area contributed by atoms with Crippen LogP contribution in [0.5, 0.6) is 0 Å². The first-order valence-electron chi connectivity index (χ1n) is 6.07. The highest BCUT2D eigenvalue weighted by Gasteiger charge is 2.23. The lowest BCUT2D eigenvalue weighted by Crippen LogP contribution is -2.36. The van der Waals surface area contributed by atoms with Gasteiger partial charge in [-0.15, -0.1) is 0 Å². The second kappa shape index (κ2) is 5.71. The number of nitrogen functional groups attached to an aromatic ring is 1. The Morgan fingerprint density at radius 3 is 2.10 bits per heavy atom. The first-order chi connectivity index (χ1) is 8.95. The number of nitrogens with one attached hydrogen (secondary N) is 1. The number of rotatable bonds is 5. The van der Waals surface area contributed by atoms with Gasteiger partial charge in [-0.2, -0.15) is 0 Å². The van der Waals surface area contributed by atoms with E-state index in [0.29, 0.717) is 0 Å². The van der Waals surface area contributed by atoms with E-state index in [4.69, 9.17) is 5.73 Å². The fourth-order valence-corrected chi connectivity index (χ4v) is 3.69. The van der Waals surface area contributed by atoms with Gasteiger partial charge in [0.25, 0.3) is 0 Å². The number of sulfonamides is 1. The number of nitrogens with two attached hydrogens (primary N) is 1. The summed E-state index contributed by atoms with van der Waals surface area (Å²) in [6, 6.07) is 3.36. The molecule has 0 aliphatic heterocycles. The van der Waals surface area contributed by atoms with Gasteiger partial charge in [-0.3, -0.25) is 0 Å². The van der Waals surface area contributed by atoms with Gasteiger partial charge in [0.2, 0.25) is 10.0 Å². The molecule has 6 nitrogen and oxygen atoms in total. The fraction of sp³-hybridized carbons (Fsp3) is 0.500. The van der Waals surface area contributed by atoms with Crippen LogP contribution in [0.2, 0.25) is 0 Å². The second-order valence-electron chi connectivity index (χ2n) is 5.13. The van der Waals surface area contributed by atoms with Crippen LogP contribution < -0.4 is 10.5 Å². The lowest BCUT2D eigenvalue weighted by Gasteiger charge is -2.18. The monoisotopic (exact) mass is 320 g/mol. The molecule has 1 unspecified atom stereocenters. The zero-order chi connectivity index (χ0) is 15.7. The first kappa shape index (κ1) is 16.9. The highest BCUT2D eigenvalue weighted by Crippen LogP contribution is 2.23. The summed E-state index contributed by atoms with van der Waals surface area (Å²) >= 11 is 0. The summed E-state index contributed by atoms with van der Waals surface area (Å²) in [7, 11) is -7.35. The molecular formula is C12H20N2O4S2. The molecule has 1 atom stereocenters. The quantitative estimate of drug-likeness (QED) is 0.787. The Hall–Kier alpha value is -1.12. The van der Waals surface area contributed by atoms with Crippen LogP contribution in [-0.2, 0) is 19.9 Å². The molecule has 0 bridgehead atoms. The molecule has 0 fully saturated rings. The fourth-order valence-electron chi connectivity index (χ4n) is 1.42. The van der Waals surface area contributed by atoms with E-state index in [1.54, 1.807) is 6.92 Å². The Morgan fingerprint density at radius 2 is 1.65 bits per heavy atom. The van der Waals surface area contributed by atoms with E-state index >= 15 is 0 Å².